The number of fused-ring (bicyclic) bond motifs is 2. The summed E-state index contributed by atoms with van der Waals surface area (Å²) < 4.78 is 1.60. The number of anilines is 1. The molecule has 0 atom stereocenters. The van der Waals surface area contributed by atoms with Crippen molar-refractivity contribution < 1.29 is 9.90 Å². The average Bonchev–Trinajstić information content (AvgIpc) is 2.81. The summed E-state index contributed by atoms with van der Waals surface area (Å²) in [5.41, 5.74) is 0.190. The molecule has 5 heteroatoms. The van der Waals surface area contributed by atoms with Crippen LogP contribution in [0.1, 0.15) is 42.5 Å². The highest BCUT2D eigenvalue weighted by Crippen LogP contribution is 2.30. The lowest BCUT2D eigenvalue weighted by molar-refractivity contribution is -0.0121. The molecule has 1 amide bonds. The maximum Gasteiger partial charge on any atom is 0.258 e. The average molecular weight is 427 g/mol. The molecule has 1 saturated carbocycles. The quantitative estimate of drug-likeness (QED) is 0.477. The van der Waals surface area contributed by atoms with Crippen LogP contribution in [-0.2, 0) is 6.54 Å². The van der Waals surface area contributed by atoms with Gasteiger partial charge in [-0.05, 0) is 53.9 Å². The molecule has 2 N–H and O–H groups in total. The van der Waals surface area contributed by atoms with Crippen LogP contribution in [0.25, 0.3) is 21.5 Å². The minimum absolute atomic E-state index is 0.150. The molecule has 1 fully saturated rings. The van der Waals surface area contributed by atoms with E-state index in [1.54, 1.807) is 35.0 Å². The molecule has 1 aliphatic carbocycles. The SMILES string of the molecule is O=C(Nc1cccc2c(=O)n(CC3(O)CCCCC3)ccc12)c1ccc2ccccc2c1. The minimum Gasteiger partial charge on any atom is -0.388 e. The van der Waals surface area contributed by atoms with E-state index >= 15 is 0 Å². The van der Waals surface area contributed by atoms with Crippen molar-refractivity contribution in [2.24, 2.45) is 0 Å². The maximum atomic E-state index is 13.1. The summed E-state index contributed by atoms with van der Waals surface area (Å²) in [4.78, 5) is 26.1. The number of nitrogens with zero attached hydrogens (tertiary/aromatic N) is 1. The Morgan fingerprint density at radius 3 is 2.50 bits per heavy atom. The largest absolute Gasteiger partial charge is 0.388 e. The van der Waals surface area contributed by atoms with E-state index in [2.05, 4.69) is 5.32 Å². The maximum absolute atomic E-state index is 13.1. The zero-order valence-electron chi connectivity index (χ0n) is 17.9. The van der Waals surface area contributed by atoms with Gasteiger partial charge in [0, 0.05) is 28.2 Å². The summed E-state index contributed by atoms with van der Waals surface area (Å²) in [6.45, 7) is 0.301. The van der Waals surface area contributed by atoms with Gasteiger partial charge in [0.15, 0.2) is 0 Å². The van der Waals surface area contributed by atoms with E-state index in [1.807, 2.05) is 42.5 Å². The van der Waals surface area contributed by atoms with Gasteiger partial charge in [-0.15, -0.1) is 0 Å². The van der Waals surface area contributed by atoms with Crippen LogP contribution < -0.4 is 10.9 Å². The highest BCUT2D eigenvalue weighted by Gasteiger charge is 2.30. The molecular weight excluding hydrogens is 400 g/mol. The minimum atomic E-state index is -0.822. The Labute approximate surface area is 186 Å². The molecule has 0 radical (unpaired) electrons. The van der Waals surface area contributed by atoms with Crippen molar-refractivity contribution in [3.8, 4) is 0 Å². The van der Waals surface area contributed by atoms with Crippen LogP contribution >= 0.6 is 0 Å². The molecule has 162 valence electrons. The fourth-order valence-electron chi connectivity index (χ4n) is 4.76. The van der Waals surface area contributed by atoms with Crippen LogP contribution in [-0.4, -0.2) is 21.2 Å². The first kappa shape index (κ1) is 20.5. The summed E-state index contributed by atoms with van der Waals surface area (Å²) in [6.07, 6.45) is 6.28. The van der Waals surface area contributed by atoms with Crippen LogP contribution in [0.4, 0.5) is 5.69 Å². The Kier molecular flexibility index (Phi) is 5.27. The normalized spacial score (nSPS) is 15.7. The third kappa shape index (κ3) is 3.92. The van der Waals surface area contributed by atoms with Gasteiger partial charge in [-0.2, -0.15) is 0 Å². The van der Waals surface area contributed by atoms with Gasteiger partial charge in [-0.25, -0.2) is 0 Å². The van der Waals surface area contributed by atoms with Gasteiger partial charge in [0.25, 0.3) is 11.5 Å². The predicted molar refractivity (Wildman–Crippen MR) is 128 cm³/mol. The van der Waals surface area contributed by atoms with Crippen LogP contribution in [0, 0.1) is 0 Å². The molecular formula is C27H26N2O3. The lowest BCUT2D eigenvalue weighted by Crippen LogP contribution is -2.39. The van der Waals surface area contributed by atoms with Crippen molar-refractivity contribution >= 4 is 33.1 Å². The highest BCUT2D eigenvalue weighted by atomic mass is 16.3. The Balaban J connectivity index is 1.44. The number of aliphatic hydroxyl groups is 1. The topological polar surface area (TPSA) is 71.3 Å². The number of aromatic nitrogens is 1. The Morgan fingerprint density at radius 2 is 1.69 bits per heavy atom. The molecule has 32 heavy (non-hydrogen) atoms. The van der Waals surface area contributed by atoms with E-state index in [-0.39, 0.29) is 11.5 Å². The van der Waals surface area contributed by atoms with E-state index in [0.29, 0.717) is 28.6 Å². The van der Waals surface area contributed by atoms with Crippen molar-refractivity contribution in [1.29, 1.82) is 0 Å². The van der Waals surface area contributed by atoms with E-state index in [1.165, 1.54) is 0 Å². The first-order chi connectivity index (χ1) is 15.5. The van der Waals surface area contributed by atoms with E-state index in [9.17, 15) is 14.7 Å². The van der Waals surface area contributed by atoms with E-state index in [4.69, 9.17) is 0 Å². The fraction of sp³-hybridized carbons (Fsp3) is 0.259. The number of pyridine rings is 1. The number of carbonyl (C=O) groups is 1. The van der Waals surface area contributed by atoms with Crippen molar-refractivity contribution in [2.75, 3.05) is 5.32 Å². The Morgan fingerprint density at radius 1 is 0.906 bits per heavy atom. The molecule has 4 aromatic rings. The Bertz CT molecular complexity index is 1370. The van der Waals surface area contributed by atoms with Crippen molar-refractivity contribution in [2.45, 2.75) is 44.2 Å². The number of nitrogens with one attached hydrogen (secondary N) is 1. The number of rotatable bonds is 4. The van der Waals surface area contributed by atoms with Gasteiger partial charge in [0.2, 0.25) is 0 Å². The van der Waals surface area contributed by atoms with Crippen molar-refractivity contribution in [3.05, 3.63) is 88.8 Å². The number of hydrogen-bond donors (Lipinski definition) is 2. The second-order valence-electron chi connectivity index (χ2n) is 8.82. The molecule has 0 aliphatic heterocycles. The number of carbonyl (C=O) groups excluding carboxylic acids is 1. The third-order valence-corrected chi connectivity index (χ3v) is 6.53. The van der Waals surface area contributed by atoms with Crippen molar-refractivity contribution in [1.82, 2.24) is 4.57 Å². The second kappa shape index (κ2) is 8.24. The van der Waals surface area contributed by atoms with E-state index in [0.717, 1.165) is 42.9 Å². The van der Waals surface area contributed by atoms with E-state index < -0.39 is 5.60 Å². The first-order valence-electron chi connectivity index (χ1n) is 11.2. The Hall–Kier alpha value is -3.44. The van der Waals surface area contributed by atoms with Gasteiger partial charge < -0.3 is 15.0 Å². The lowest BCUT2D eigenvalue weighted by Gasteiger charge is -2.32. The summed E-state index contributed by atoms with van der Waals surface area (Å²) >= 11 is 0. The molecule has 1 heterocycles. The van der Waals surface area contributed by atoms with Gasteiger partial charge in [0.05, 0.1) is 12.1 Å². The molecule has 5 rings (SSSR count). The number of hydrogen-bond acceptors (Lipinski definition) is 3. The summed E-state index contributed by atoms with van der Waals surface area (Å²) in [5, 5.41) is 17.1. The summed E-state index contributed by atoms with van der Waals surface area (Å²) in [7, 11) is 0. The first-order valence-corrected chi connectivity index (χ1v) is 11.2. The zero-order valence-corrected chi connectivity index (χ0v) is 17.9. The summed E-state index contributed by atoms with van der Waals surface area (Å²) in [5.74, 6) is -0.219. The number of benzene rings is 3. The second-order valence-corrected chi connectivity index (χ2v) is 8.82. The van der Waals surface area contributed by atoms with Crippen LogP contribution in [0.15, 0.2) is 77.7 Å². The zero-order chi connectivity index (χ0) is 22.1. The van der Waals surface area contributed by atoms with Gasteiger partial charge in [0.1, 0.15) is 0 Å². The fourth-order valence-corrected chi connectivity index (χ4v) is 4.76. The molecule has 1 aromatic heterocycles. The molecule has 5 nitrogen and oxygen atoms in total. The molecule has 0 bridgehead atoms. The van der Waals surface area contributed by atoms with Crippen LogP contribution in [0.2, 0.25) is 0 Å². The summed E-state index contributed by atoms with van der Waals surface area (Å²) in [6, 6.07) is 20.7. The van der Waals surface area contributed by atoms with Gasteiger partial charge in [-0.3, -0.25) is 9.59 Å². The van der Waals surface area contributed by atoms with Gasteiger partial charge >= 0.3 is 0 Å². The smallest absolute Gasteiger partial charge is 0.258 e. The monoisotopic (exact) mass is 426 g/mol. The van der Waals surface area contributed by atoms with Crippen LogP contribution in [0.5, 0.6) is 0 Å². The number of amides is 1. The van der Waals surface area contributed by atoms with Crippen molar-refractivity contribution in [3.63, 3.8) is 0 Å². The van der Waals surface area contributed by atoms with Crippen LogP contribution in [0.3, 0.4) is 0 Å². The highest BCUT2D eigenvalue weighted by molar-refractivity contribution is 6.10. The molecule has 0 spiro atoms. The molecule has 0 unspecified atom stereocenters. The van der Waals surface area contributed by atoms with Gasteiger partial charge in [-0.1, -0.05) is 55.7 Å². The lowest BCUT2D eigenvalue weighted by atomic mass is 9.85. The molecule has 0 saturated heterocycles. The predicted octanol–water partition coefficient (Wildman–Crippen LogP) is 5.10. The molecule has 1 aliphatic rings. The standard InChI is InChI=1S/C27H26N2O3/c30-25(21-12-11-19-7-2-3-8-20(19)17-21)28-24-10-6-9-23-22(24)13-16-29(26(23)31)18-27(32)14-4-1-5-15-27/h2-3,6-13,16-17,32H,1,4-5,14-15,18H2,(H,28,30). The molecule has 3 aromatic carbocycles. The third-order valence-electron chi connectivity index (χ3n) is 6.53.